The number of carbonyl (C=O) groups excluding carboxylic acids is 1. The summed E-state index contributed by atoms with van der Waals surface area (Å²) in [5.41, 5.74) is 11.3. The lowest BCUT2D eigenvalue weighted by Crippen LogP contribution is -2.44. The van der Waals surface area contributed by atoms with Crippen LogP contribution in [-0.4, -0.2) is 40.6 Å². The Bertz CT molecular complexity index is 544. The number of aliphatic imine (C=N–C) groups is 1. The van der Waals surface area contributed by atoms with E-state index in [1.54, 1.807) is 0 Å². The van der Waals surface area contributed by atoms with Crippen molar-refractivity contribution in [1.29, 1.82) is 0 Å². The molecule has 1 rings (SSSR count). The Hall–Kier alpha value is -2.61. The van der Waals surface area contributed by atoms with E-state index in [0.717, 1.165) is 10.6 Å². The first kappa shape index (κ1) is 18.4. The van der Waals surface area contributed by atoms with E-state index < -0.39 is 17.9 Å². The van der Waals surface area contributed by atoms with Gasteiger partial charge in [-0.15, -0.1) is 0 Å². The summed E-state index contributed by atoms with van der Waals surface area (Å²) in [6.07, 6.45) is 0.591. The fraction of sp³-hybridized carbons (Fsp3) is 0.400. The van der Waals surface area contributed by atoms with Crippen LogP contribution in [0.4, 0.5) is 0 Å². The van der Waals surface area contributed by atoms with Gasteiger partial charge in [0, 0.05) is 13.5 Å². The van der Waals surface area contributed by atoms with E-state index in [2.05, 4.69) is 4.99 Å². The smallest absolute Gasteiger partial charge is 0.329 e. The molecule has 1 amide bonds. The quantitative estimate of drug-likeness (QED) is 0.262. The Kier molecular flexibility index (Phi) is 7.55. The van der Waals surface area contributed by atoms with Crippen molar-refractivity contribution in [3.63, 3.8) is 0 Å². The van der Waals surface area contributed by atoms with Crippen LogP contribution in [0.3, 0.4) is 0 Å². The van der Waals surface area contributed by atoms with Crippen molar-refractivity contribution in [3.05, 3.63) is 35.9 Å². The van der Waals surface area contributed by atoms with Gasteiger partial charge in [-0.3, -0.25) is 14.6 Å². The van der Waals surface area contributed by atoms with Crippen LogP contribution in [0.5, 0.6) is 0 Å². The predicted molar refractivity (Wildman–Crippen MR) is 85.1 cm³/mol. The van der Waals surface area contributed by atoms with Crippen molar-refractivity contribution >= 4 is 17.8 Å². The fourth-order valence-electron chi connectivity index (χ4n) is 1.95. The van der Waals surface area contributed by atoms with Gasteiger partial charge in [0.05, 0.1) is 0 Å². The van der Waals surface area contributed by atoms with Crippen LogP contribution in [0, 0.1) is 0 Å². The number of nitrogens with zero attached hydrogens (tertiary/aromatic N) is 2. The molecule has 0 bridgehead atoms. The first-order valence-electron chi connectivity index (χ1n) is 7.16. The Morgan fingerprint density at radius 2 is 1.96 bits per heavy atom. The molecule has 0 spiro atoms. The number of nitrogens with two attached hydrogens (primary N) is 2. The maximum absolute atomic E-state index is 11.7. The summed E-state index contributed by atoms with van der Waals surface area (Å²) >= 11 is 0. The van der Waals surface area contributed by atoms with E-state index in [1.165, 1.54) is 6.92 Å². The minimum absolute atomic E-state index is 0.0550. The van der Waals surface area contributed by atoms with E-state index in [9.17, 15) is 14.7 Å². The predicted octanol–water partition coefficient (Wildman–Crippen LogP) is 0.474. The third-order valence-electron chi connectivity index (χ3n) is 3.02. The number of benzene rings is 1. The highest BCUT2D eigenvalue weighted by Gasteiger charge is 2.28. The molecule has 0 fully saturated rings. The van der Waals surface area contributed by atoms with Crippen molar-refractivity contribution in [2.75, 3.05) is 6.54 Å². The Labute approximate surface area is 134 Å². The summed E-state index contributed by atoms with van der Waals surface area (Å²) in [6, 6.07) is 8.09. The van der Waals surface area contributed by atoms with Crippen molar-refractivity contribution in [1.82, 2.24) is 5.06 Å². The first-order valence-corrected chi connectivity index (χ1v) is 7.16. The van der Waals surface area contributed by atoms with Crippen molar-refractivity contribution < 1.29 is 19.5 Å². The zero-order valence-electron chi connectivity index (χ0n) is 13.0. The maximum atomic E-state index is 11.7. The molecule has 23 heavy (non-hydrogen) atoms. The summed E-state index contributed by atoms with van der Waals surface area (Å²) in [4.78, 5) is 32.3. The van der Waals surface area contributed by atoms with E-state index in [0.29, 0.717) is 6.42 Å². The third-order valence-corrected chi connectivity index (χ3v) is 3.02. The van der Waals surface area contributed by atoms with Crippen LogP contribution in [-0.2, 0) is 21.0 Å². The standard InChI is InChI=1S/C15H22N4O4/c1-11(20)19(23-10-12-6-3-2-4-7-12)13(14(21)22)8-5-9-18-15(16)17/h2-4,6-7,13H,5,8-10H2,1H3,(H,21,22)(H4,16,17,18)/t13-/m0/s1. The summed E-state index contributed by atoms with van der Waals surface area (Å²) in [7, 11) is 0. The molecule has 5 N–H and O–H groups in total. The van der Waals surface area contributed by atoms with Crippen LogP contribution in [0.1, 0.15) is 25.3 Å². The highest BCUT2D eigenvalue weighted by atomic mass is 16.7. The minimum atomic E-state index is -1.14. The number of aliphatic carboxylic acids is 1. The molecule has 1 aromatic carbocycles. The molecule has 0 aliphatic heterocycles. The largest absolute Gasteiger partial charge is 0.480 e. The second-order valence-corrected chi connectivity index (χ2v) is 4.91. The SMILES string of the molecule is CC(=O)N(OCc1ccccc1)[C@@H](CCCN=C(N)N)C(=O)O. The van der Waals surface area contributed by atoms with Gasteiger partial charge < -0.3 is 16.6 Å². The van der Waals surface area contributed by atoms with Crippen LogP contribution in [0.15, 0.2) is 35.3 Å². The molecule has 0 unspecified atom stereocenters. The number of hydrogen-bond acceptors (Lipinski definition) is 4. The number of carboxylic acids is 1. The molecule has 0 aliphatic rings. The lowest BCUT2D eigenvalue weighted by atomic mass is 10.1. The number of guanidine groups is 1. The van der Waals surface area contributed by atoms with Crippen LogP contribution >= 0.6 is 0 Å². The van der Waals surface area contributed by atoms with Gasteiger partial charge in [0.25, 0.3) is 0 Å². The summed E-state index contributed by atoms with van der Waals surface area (Å²) in [6.45, 7) is 1.66. The summed E-state index contributed by atoms with van der Waals surface area (Å²) in [5, 5.41) is 10.2. The van der Waals surface area contributed by atoms with Gasteiger partial charge >= 0.3 is 5.97 Å². The summed E-state index contributed by atoms with van der Waals surface area (Å²) in [5.74, 6) is -1.67. The first-order chi connectivity index (χ1) is 10.9. The second kappa shape index (κ2) is 9.42. The number of carbonyl (C=O) groups is 2. The van der Waals surface area contributed by atoms with Gasteiger partial charge in [0.15, 0.2) is 12.0 Å². The van der Waals surface area contributed by atoms with Crippen LogP contribution in [0.25, 0.3) is 0 Å². The van der Waals surface area contributed by atoms with Gasteiger partial charge in [0.1, 0.15) is 6.61 Å². The van der Waals surface area contributed by atoms with E-state index >= 15 is 0 Å². The maximum Gasteiger partial charge on any atom is 0.329 e. The Morgan fingerprint density at radius 1 is 1.30 bits per heavy atom. The number of amides is 1. The van der Waals surface area contributed by atoms with Crippen molar-refractivity contribution in [3.8, 4) is 0 Å². The average Bonchev–Trinajstić information content (AvgIpc) is 2.49. The highest BCUT2D eigenvalue weighted by Crippen LogP contribution is 2.12. The monoisotopic (exact) mass is 322 g/mol. The van der Waals surface area contributed by atoms with E-state index in [1.807, 2.05) is 30.3 Å². The van der Waals surface area contributed by atoms with Gasteiger partial charge in [0.2, 0.25) is 5.91 Å². The molecule has 8 heteroatoms. The van der Waals surface area contributed by atoms with Gasteiger partial charge in [-0.25, -0.2) is 9.86 Å². The molecule has 0 saturated heterocycles. The molecule has 8 nitrogen and oxygen atoms in total. The normalized spacial score (nSPS) is 11.5. The molecule has 1 atom stereocenters. The molecule has 0 heterocycles. The molecule has 0 aromatic heterocycles. The van der Waals surface area contributed by atoms with E-state index in [-0.39, 0.29) is 25.5 Å². The van der Waals surface area contributed by atoms with Crippen molar-refractivity contribution in [2.24, 2.45) is 16.5 Å². The van der Waals surface area contributed by atoms with Gasteiger partial charge in [-0.05, 0) is 18.4 Å². The lowest BCUT2D eigenvalue weighted by Gasteiger charge is -2.26. The van der Waals surface area contributed by atoms with Crippen LogP contribution < -0.4 is 11.5 Å². The fourth-order valence-corrected chi connectivity index (χ4v) is 1.95. The second-order valence-electron chi connectivity index (χ2n) is 4.91. The molecule has 126 valence electrons. The zero-order valence-corrected chi connectivity index (χ0v) is 13.0. The number of carboxylic acid groups (broad SMARTS) is 1. The minimum Gasteiger partial charge on any atom is -0.480 e. The molecule has 1 aromatic rings. The highest BCUT2D eigenvalue weighted by molar-refractivity contribution is 5.81. The number of rotatable bonds is 9. The summed E-state index contributed by atoms with van der Waals surface area (Å²) < 4.78 is 0. The Morgan fingerprint density at radius 3 is 2.48 bits per heavy atom. The van der Waals surface area contributed by atoms with E-state index in [4.69, 9.17) is 16.3 Å². The third kappa shape index (κ3) is 6.79. The number of hydrogen-bond donors (Lipinski definition) is 3. The average molecular weight is 322 g/mol. The molecular weight excluding hydrogens is 300 g/mol. The molecule has 0 aliphatic carbocycles. The number of hydroxylamine groups is 2. The van der Waals surface area contributed by atoms with Crippen LogP contribution in [0.2, 0.25) is 0 Å². The molecular formula is C15H22N4O4. The zero-order chi connectivity index (χ0) is 17.2. The molecule has 0 saturated carbocycles. The molecule has 0 radical (unpaired) electrons. The lowest BCUT2D eigenvalue weighted by molar-refractivity contribution is -0.210. The van der Waals surface area contributed by atoms with Crippen molar-refractivity contribution in [2.45, 2.75) is 32.4 Å². The topological polar surface area (TPSA) is 131 Å². The Balaban J connectivity index is 2.67. The van der Waals surface area contributed by atoms with Gasteiger partial charge in [-0.1, -0.05) is 30.3 Å². The van der Waals surface area contributed by atoms with Gasteiger partial charge in [-0.2, -0.15) is 0 Å².